The number of aliphatic imine (C=N–C) groups is 1. The summed E-state index contributed by atoms with van der Waals surface area (Å²) in [5, 5.41) is 6.59. The predicted octanol–water partition coefficient (Wildman–Crippen LogP) is 2.78. The molecule has 0 fully saturated rings. The maximum atomic E-state index is 13.6. The minimum atomic E-state index is -0.170. The van der Waals surface area contributed by atoms with Crippen molar-refractivity contribution in [3.05, 3.63) is 35.1 Å². The number of likely N-dealkylation sites (N-methyl/N-ethyl adjacent to an activating group) is 1. The van der Waals surface area contributed by atoms with Crippen LogP contribution in [0.2, 0.25) is 0 Å². The lowest BCUT2D eigenvalue weighted by atomic mass is 10.0. The molecular weight excluding hydrogens is 291 g/mol. The van der Waals surface area contributed by atoms with E-state index in [1.807, 2.05) is 6.07 Å². The monoisotopic (exact) mass is 322 g/mol. The molecule has 0 saturated heterocycles. The van der Waals surface area contributed by atoms with E-state index in [4.69, 9.17) is 0 Å². The summed E-state index contributed by atoms with van der Waals surface area (Å²) < 4.78 is 13.6. The van der Waals surface area contributed by atoms with Crippen LogP contribution in [0.15, 0.2) is 23.2 Å². The number of aryl methyl sites for hydroxylation is 1. The van der Waals surface area contributed by atoms with Crippen molar-refractivity contribution < 1.29 is 4.39 Å². The van der Waals surface area contributed by atoms with Crippen LogP contribution in [0.4, 0.5) is 4.39 Å². The van der Waals surface area contributed by atoms with Crippen LogP contribution >= 0.6 is 0 Å². The van der Waals surface area contributed by atoms with E-state index in [2.05, 4.69) is 48.5 Å². The molecule has 0 spiro atoms. The third-order valence-electron chi connectivity index (χ3n) is 3.90. The van der Waals surface area contributed by atoms with E-state index in [9.17, 15) is 4.39 Å². The van der Waals surface area contributed by atoms with Gasteiger partial charge in [0.05, 0.1) is 0 Å². The fourth-order valence-electron chi connectivity index (χ4n) is 2.39. The highest BCUT2D eigenvalue weighted by atomic mass is 19.1. The Morgan fingerprint density at radius 2 is 1.96 bits per heavy atom. The number of hydrogen-bond donors (Lipinski definition) is 2. The summed E-state index contributed by atoms with van der Waals surface area (Å²) in [6, 6.07) is 5.75. The molecule has 0 aliphatic heterocycles. The topological polar surface area (TPSA) is 39.7 Å². The van der Waals surface area contributed by atoms with Crippen LogP contribution in [0.1, 0.15) is 31.4 Å². The van der Waals surface area contributed by atoms with Gasteiger partial charge >= 0.3 is 0 Å². The molecule has 0 bridgehead atoms. The van der Waals surface area contributed by atoms with Gasteiger partial charge in [0.25, 0.3) is 0 Å². The van der Waals surface area contributed by atoms with Crippen LogP contribution in [-0.4, -0.2) is 44.6 Å². The summed E-state index contributed by atoms with van der Waals surface area (Å²) in [5.74, 6) is 1.22. The average molecular weight is 322 g/mol. The van der Waals surface area contributed by atoms with Crippen molar-refractivity contribution in [1.82, 2.24) is 15.5 Å². The van der Waals surface area contributed by atoms with Crippen LogP contribution in [0.5, 0.6) is 0 Å². The van der Waals surface area contributed by atoms with Gasteiger partial charge in [0.15, 0.2) is 5.96 Å². The molecule has 1 rings (SSSR count). The Morgan fingerprint density at radius 3 is 2.48 bits per heavy atom. The van der Waals surface area contributed by atoms with Crippen molar-refractivity contribution in [3.63, 3.8) is 0 Å². The average Bonchev–Trinajstić information content (AvgIpc) is 2.49. The second kappa shape index (κ2) is 9.50. The van der Waals surface area contributed by atoms with Gasteiger partial charge in [0, 0.05) is 26.2 Å². The van der Waals surface area contributed by atoms with Gasteiger partial charge in [0.2, 0.25) is 0 Å². The van der Waals surface area contributed by atoms with Gasteiger partial charge in [-0.25, -0.2) is 4.39 Å². The molecule has 23 heavy (non-hydrogen) atoms. The van der Waals surface area contributed by atoms with Gasteiger partial charge in [-0.15, -0.1) is 0 Å². The van der Waals surface area contributed by atoms with Crippen LogP contribution in [-0.2, 0) is 6.54 Å². The minimum Gasteiger partial charge on any atom is -0.355 e. The third kappa shape index (κ3) is 6.99. The molecular formula is C18H31FN4. The number of hydrogen-bond acceptors (Lipinski definition) is 2. The second-order valence-electron chi connectivity index (χ2n) is 6.64. The lowest BCUT2D eigenvalue weighted by molar-refractivity contribution is 0.254. The first-order chi connectivity index (χ1) is 10.8. The Kier molecular flexibility index (Phi) is 8.03. The van der Waals surface area contributed by atoms with Crippen LogP contribution in [0.3, 0.4) is 0 Å². The van der Waals surface area contributed by atoms with Crippen molar-refractivity contribution in [3.8, 4) is 0 Å². The first-order valence-corrected chi connectivity index (χ1v) is 8.19. The maximum absolute atomic E-state index is 13.6. The van der Waals surface area contributed by atoms with E-state index in [1.165, 1.54) is 0 Å². The van der Waals surface area contributed by atoms with Gasteiger partial charge < -0.3 is 15.5 Å². The number of halogens is 1. The van der Waals surface area contributed by atoms with E-state index in [-0.39, 0.29) is 5.82 Å². The smallest absolute Gasteiger partial charge is 0.191 e. The second-order valence-corrected chi connectivity index (χ2v) is 6.64. The fraction of sp³-hybridized carbons (Fsp3) is 0.611. The lowest BCUT2D eigenvalue weighted by Crippen LogP contribution is -2.45. The quantitative estimate of drug-likeness (QED) is 0.599. The first kappa shape index (κ1) is 19.4. The number of rotatable bonds is 7. The zero-order valence-electron chi connectivity index (χ0n) is 15.3. The Morgan fingerprint density at radius 1 is 1.26 bits per heavy atom. The molecule has 0 aromatic heterocycles. The minimum absolute atomic E-state index is 0.170. The zero-order valence-corrected chi connectivity index (χ0v) is 15.3. The van der Waals surface area contributed by atoms with Crippen LogP contribution < -0.4 is 10.6 Å². The third-order valence-corrected chi connectivity index (χ3v) is 3.90. The molecule has 5 heteroatoms. The van der Waals surface area contributed by atoms with Crippen LogP contribution in [0.25, 0.3) is 0 Å². The highest BCUT2D eigenvalue weighted by molar-refractivity contribution is 5.79. The van der Waals surface area contributed by atoms with E-state index in [1.54, 1.807) is 26.1 Å². The van der Waals surface area contributed by atoms with E-state index >= 15 is 0 Å². The van der Waals surface area contributed by atoms with E-state index < -0.39 is 0 Å². The Balaban J connectivity index is 2.52. The number of nitrogens with zero attached hydrogens (tertiary/aromatic N) is 2. The largest absolute Gasteiger partial charge is 0.355 e. The molecule has 0 amide bonds. The number of benzene rings is 1. The summed E-state index contributed by atoms with van der Waals surface area (Å²) in [6.07, 6.45) is 1.13. The van der Waals surface area contributed by atoms with Gasteiger partial charge in [0.1, 0.15) is 5.82 Å². The molecule has 0 saturated carbocycles. The first-order valence-electron chi connectivity index (χ1n) is 8.19. The maximum Gasteiger partial charge on any atom is 0.191 e. The summed E-state index contributed by atoms with van der Waals surface area (Å²) in [5.41, 5.74) is 1.57. The predicted molar refractivity (Wildman–Crippen MR) is 96.3 cm³/mol. The molecule has 1 unspecified atom stereocenters. The summed E-state index contributed by atoms with van der Waals surface area (Å²) in [7, 11) is 5.94. The molecule has 4 nitrogen and oxygen atoms in total. The molecule has 1 aromatic rings. The number of nitrogens with one attached hydrogen (secondary N) is 2. The molecule has 2 N–H and O–H groups in total. The van der Waals surface area contributed by atoms with Gasteiger partial charge in [-0.05, 0) is 50.6 Å². The Labute approximate surface area is 140 Å². The van der Waals surface area contributed by atoms with E-state index in [0.717, 1.165) is 24.5 Å². The summed E-state index contributed by atoms with van der Waals surface area (Å²) in [4.78, 5) is 6.47. The highest BCUT2D eigenvalue weighted by Crippen LogP contribution is 2.09. The van der Waals surface area contributed by atoms with Gasteiger partial charge in [-0.1, -0.05) is 26.0 Å². The molecule has 0 aliphatic carbocycles. The standard InChI is InChI=1S/C18H31FN4/c1-13(2)9-16(23(5)6)12-22-18(20-4)21-11-15-8-7-14(3)17(19)10-15/h7-8,10,13,16H,9,11-12H2,1-6H3,(H2,20,21,22). The van der Waals surface area contributed by atoms with Crippen LogP contribution in [0, 0.1) is 18.7 Å². The Bertz CT molecular complexity index is 512. The van der Waals surface area contributed by atoms with Crippen molar-refractivity contribution >= 4 is 5.96 Å². The van der Waals surface area contributed by atoms with Gasteiger partial charge in [-0.3, -0.25) is 4.99 Å². The molecule has 1 aromatic carbocycles. The fourth-order valence-corrected chi connectivity index (χ4v) is 2.39. The normalized spacial score (nSPS) is 13.5. The molecule has 0 radical (unpaired) electrons. The van der Waals surface area contributed by atoms with Crippen molar-refractivity contribution in [2.24, 2.45) is 10.9 Å². The summed E-state index contributed by atoms with van der Waals surface area (Å²) in [6.45, 7) is 7.61. The molecule has 0 heterocycles. The van der Waals surface area contributed by atoms with Crippen molar-refractivity contribution in [1.29, 1.82) is 0 Å². The van der Waals surface area contributed by atoms with Crippen molar-refractivity contribution in [2.45, 2.75) is 39.8 Å². The molecule has 130 valence electrons. The SMILES string of the molecule is CN=C(NCc1ccc(C)c(F)c1)NCC(CC(C)C)N(C)C. The zero-order chi connectivity index (χ0) is 17.4. The van der Waals surface area contributed by atoms with E-state index in [0.29, 0.717) is 24.1 Å². The van der Waals surface area contributed by atoms with Gasteiger partial charge in [-0.2, -0.15) is 0 Å². The Hall–Kier alpha value is -1.62. The molecule has 1 atom stereocenters. The lowest BCUT2D eigenvalue weighted by Gasteiger charge is -2.27. The van der Waals surface area contributed by atoms with Crippen molar-refractivity contribution in [2.75, 3.05) is 27.7 Å². The highest BCUT2D eigenvalue weighted by Gasteiger charge is 2.13. The summed E-state index contributed by atoms with van der Waals surface area (Å²) >= 11 is 0. The molecule has 0 aliphatic rings. The number of guanidine groups is 1.